The molecule has 3 heteroatoms. The van der Waals surface area contributed by atoms with Gasteiger partial charge in [-0.15, -0.1) is 11.3 Å². The van der Waals surface area contributed by atoms with Crippen LogP contribution in [0.1, 0.15) is 27.6 Å². The van der Waals surface area contributed by atoms with Crippen LogP contribution < -0.4 is 5.73 Å². The van der Waals surface area contributed by atoms with Crippen molar-refractivity contribution in [3.05, 3.63) is 56.2 Å². The second kappa shape index (κ2) is 5.21. The molecule has 2 N–H and O–H groups in total. The van der Waals surface area contributed by atoms with Gasteiger partial charge < -0.3 is 5.73 Å². The topological polar surface area (TPSA) is 26.0 Å². The maximum Gasteiger partial charge on any atom is 0.0545 e. The van der Waals surface area contributed by atoms with Crippen LogP contribution in [0.4, 0.5) is 0 Å². The van der Waals surface area contributed by atoms with Crippen LogP contribution in [-0.2, 0) is 6.42 Å². The largest absolute Gasteiger partial charge is 0.324 e. The van der Waals surface area contributed by atoms with Crippen molar-refractivity contribution in [3.8, 4) is 0 Å². The van der Waals surface area contributed by atoms with Crippen molar-refractivity contribution in [1.29, 1.82) is 0 Å². The molecular formula is C14H16ClNS. The summed E-state index contributed by atoms with van der Waals surface area (Å²) in [6, 6.07) is 8.41. The van der Waals surface area contributed by atoms with Gasteiger partial charge in [-0.25, -0.2) is 0 Å². The lowest BCUT2D eigenvalue weighted by Gasteiger charge is -2.13. The zero-order valence-electron chi connectivity index (χ0n) is 10.0. The third-order valence-corrected chi connectivity index (χ3v) is 4.18. The Kier molecular flexibility index (Phi) is 3.87. The van der Waals surface area contributed by atoms with E-state index in [-0.39, 0.29) is 6.04 Å². The Hall–Kier alpha value is -0.830. The van der Waals surface area contributed by atoms with E-state index in [1.165, 1.54) is 21.6 Å². The van der Waals surface area contributed by atoms with Crippen LogP contribution in [0.2, 0.25) is 5.02 Å². The van der Waals surface area contributed by atoms with Crippen molar-refractivity contribution < 1.29 is 0 Å². The molecule has 1 aromatic carbocycles. The third kappa shape index (κ3) is 3.09. The Labute approximate surface area is 111 Å². The van der Waals surface area contributed by atoms with Crippen LogP contribution >= 0.6 is 22.9 Å². The Balaban J connectivity index is 2.20. The van der Waals surface area contributed by atoms with Gasteiger partial charge in [0.05, 0.1) is 5.02 Å². The molecule has 0 fully saturated rings. The molecule has 1 heterocycles. The summed E-state index contributed by atoms with van der Waals surface area (Å²) in [6.07, 6.45) is 0.805. The zero-order valence-corrected chi connectivity index (χ0v) is 11.6. The van der Waals surface area contributed by atoms with Gasteiger partial charge >= 0.3 is 0 Å². The van der Waals surface area contributed by atoms with Gasteiger partial charge in [-0.3, -0.25) is 0 Å². The number of halogens is 1. The molecule has 0 radical (unpaired) electrons. The predicted molar refractivity (Wildman–Crippen MR) is 75.9 cm³/mol. The quantitative estimate of drug-likeness (QED) is 0.882. The van der Waals surface area contributed by atoms with Crippen molar-refractivity contribution >= 4 is 22.9 Å². The summed E-state index contributed by atoms with van der Waals surface area (Å²) < 4.78 is 0. The van der Waals surface area contributed by atoms with E-state index in [1.54, 1.807) is 11.3 Å². The van der Waals surface area contributed by atoms with E-state index >= 15 is 0 Å². The van der Waals surface area contributed by atoms with Gasteiger partial charge in [-0.2, -0.15) is 0 Å². The van der Waals surface area contributed by atoms with Crippen molar-refractivity contribution in [2.24, 2.45) is 5.73 Å². The molecule has 1 atom stereocenters. The van der Waals surface area contributed by atoms with E-state index in [0.717, 1.165) is 11.4 Å². The molecule has 0 bridgehead atoms. The number of rotatable bonds is 3. The number of nitrogens with two attached hydrogens (primary N) is 1. The molecule has 1 unspecified atom stereocenters. The Bertz CT molecular complexity index is 498. The predicted octanol–water partition coefficient (Wildman–Crippen LogP) is 4.26. The van der Waals surface area contributed by atoms with E-state index in [4.69, 9.17) is 17.3 Å². The Morgan fingerprint density at radius 3 is 2.41 bits per heavy atom. The fourth-order valence-electron chi connectivity index (χ4n) is 2.01. The minimum atomic E-state index is 0.0183. The van der Waals surface area contributed by atoms with Crippen LogP contribution in [0, 0.1) is 13.8 Å². The molecule has 0 saturated carbocycles. The van der Waals surface area contributed by atoms with Crippen LogP contribution in [0.3, 0.4) is 0 Å². The zero-order chi connectivity index (χ0) is 12.4. The van der Waals surface area contributed by atoms with Crippen LogP contribution in [0.25, 0.3) is 0 Å². The molecule has 0 aliphatic carbocycles. The summed E-state index contributed by atoms with van der Waals surface area (Å²) >= 11 is 7.76. The first-order valence-corrected chi connectivity index (χ1v) is 6.87. The highest BCUT2D eigenvalue weighted by molar-refractivity contribution is 7.10. The molecule has 0 saturated heterocycles. The average molecular weight is 266 g/mol. The molecule has 0 aliphatic rings. The number of hydrogen-bond acceptors (Lipinski definition) is 2. The van der Waals surface area contributed by atoms with Gasteiger partial charge in [0, 0.05) is 17.3 Å². The first-order valence-electron chi connectivity index (χ1n) is 5.62. The number of hydrogen-bond donors (Lipinski definition) is 1. The first-order chi connectivity index (χ1) is 8.06. The maximum absolute atomic E-state index is 6.24. The van der Waals surface area contributed by atoms with Crippen LogP contribution in [0.5, 0.6) is 0 Å². The maximum atomic E-state index is 6.24. The van der Waals surface area contributed by atoms with Crippen molar-refractivity contribution in [3.63, 3.8) is 0 Å². The van der Waals surface area contributed by atoms with Gasteiger partial charge in [0.15, 0.2) is 0 Å². The number of thiophene rings is 1. The van der Waals surface area contributed by atoms with E-state index in [0.29, 0.717) is 0 Å². The average Bonchev–Trinajstić information content (AvgIpc) is 2.63. The second-order valence-electron chi connectivity index (χ2n) is 4.42. The van der Waals surface area contributed by atoms with Gasteiger partial charge in [-0.05, 0) is 30.9 Å². The molecule has 2 rings (SSSR count). The molecular weight excluding hydrogens is 250 g/mol. The van der Waals surface area contributed by atoms with Crippen LogP contribution in [-0.4, -0.2) is 0 Å². The van der Waals surface area contributed by atoms with Crippen molar-refractivity contribution in [2.75, 3.05) is 0 Å². The van der Waals surface area contributed by atoms with Crippen molar-refractivity contribution in [1.82, 2.24) is 0 Å². The summed E-state index contributed by atoms with van der Waals surface area (Å²) in [5.74, 6) is 0. The summed E-state index contributed by atoms with van der Waals surface area (Å²) in [7, 11) is 0. The first kappa shape index (κ1) is 12.6. The molecule has 0 spiro atoms. The molecule has 1 aromatic heterocycles. The highest BCUT2D eigenvalue weighted by atomic mass is 35.5. The molecule has 90 valence electrons. The Morgan fingerprint density at radius 1 is 1.24 bits per heavy atom. The van der Waals surface area contributed by atoms with Crippen LogP contribution in [0.15, 0.2) is 29.6 Å². The van der Waals surface area contributed by atoms with E-state index in [9.17, 15) is 0 Å². The highest BCUT2D eigenvalue weighted by Crippen LogP contribution is 2.27. The van der Waals surface area contributed by atoms with E-state index in [1.807, 2.05) is 11.4 Å². The molecule has 1 nitrogen and oxygen atoms in total. The lowest BCUT2D eigenvalue weighted by molar-refractivity contribution is 0.728. The lowest BCUT2D eigenvalue weighted by Crippen LogP contribution is -2.13. The van der Waals surface area contributed by atoms with E-state index < -0.39 is 0 Å². The minimum Gasteiger partial charge on any atom is -0.324 e. The highest BCUT2D eigenvalue weighted by Gasteiger charge is 2.11. The summed E-state index contributed by atoms with van der Waals surface area (Å²) in [4.78, 5) is 1.17. The van der Waals surface area contributed by atoms with Gasteiger partial charge in [0.1, 0.15) is 0 Å². The lowest BCUT2D eigenvalue weighted by atomic mass is 9.99. The summed E-state index contributed by atoms with van der Waals surface area (Å²) in [6.45, 7) is 4.20. The SMILES string of the molecule is Cc1cc(C)cc(C(N)Cc2sccc2Cl)c1. The molecule has 17 heavy (non-hydrogen) atoms. The monoisotopic (exact) mass is 265 g/mol. The third-order valence-electron chi connectivity index (χ3n) is 2.77. The Morgan fingerprint density at radius 2 is 1.88 bits per heavy atom. The van der Waals surface area contributed by atoms with E-state index in [2.05, 4.69) is 32.0 Å². The van der Waals surface area contributed by atoms with Gasteiger partial charge in [0.2, 0.25) is 0 Å². The van der Waals surface area contributed by atoms with Crippen molar-refractivity contribution in [2.45, 2.75) is 26.3 Å². The van der Waals surface area contributed by atoms with Gasteiger partial charge in [-0.1, -0.05) is 40.9 Å². The standard InChI is InChI=1S/C14H16ClNS/c1-9-5-10(2)7-11(6-9)13(16)8-14-12(15)3-4-17-14/h3-7,13H,8,16H2,1-2H3. The fourth-order valence-corrected chi connectivity index (χ4v) is 3.19. The van der Waals surface area contributed by atoms with Gasteiger partial charge in [0.25, 0.3) is 0 Å². The number of benzene rings is 1. The molecule has 0 amide bonds. The normalized spacial score (nSPS) is 12.7. The summed E-state index contributed by atoms with van der Waals surface area (Å²) in [5.41, 5.74) is 9.94. The molecule has 0 aliphatic heterocycles. The smallest absolute Gasteiger partial charge is 0.0545 e. The fraction of sp³-hybridized carbons (Fsp3) is 0.286. The second-order valence-corrected chi connectivity index (χ2v) is 5.83. The number of aryl methyl sites for hydroxylation is 2. The molecule has 2 aromatic rings. The minimum absolute atomic E-state index is 0.0183. The summed E-state index contributed by atoms with van der Waals surface area (Å²) in [5, 5.41) is 2.83.